The van der Waals surface area contributed by atoms with Crippen molar-refractivity contribution in [3.05, 3.63) is 53.0 Å². The maximum absolute atomic E-state index is 14.8. The second-order valence-electron chi connectivity index (χ2n) is 6.49. The van der Waals surface area contributed by atoms with Crippen molar-refractivity contribution in [2.75, 3.05) is 7.11 Å². The molecule has 0 atom stereocenters. The summed E-state index contributed by atoms with van der Waals surface area (Å²) in [5, 5.41) is 12.3. The molecule has 0 bridgehead atoms. The lowest BCUT2D eigenvalue weighted by atomic mass is 10.0. The fraction of sp³-hybridized carbons (Fsp3) is 0.211. The van der Waals surface area contributed by atoms with Crippen LogP contribution in [0.15, 0.2) is 24.3 Å². The highest BCUT2D eigenvalue weighted by molar-refractivity contribution is 5.82. The summed E-state index contributed by atoms with van der Waals surface area (Å²) in [6, 6.07) is 5.19. The summed E-state index contributed by atoms with van der Waals surface area (Å²) in [5.41, 5.74) is 1.34. The Balaban J connectivity index is 2.06. The van der Waals surface area contributed by atoms with Gasteiger partial charge < -0.3 is 4.74 Å². The van der Waals surface area contributed by atoms with Crippen molar-refractivity contribution in [3.63, 3.8) is 0 Å². The molecular formula is C19H16F3N5O. The molecule has 0 N–H and O–H groups in total. The highest BCUT2D eigenvalue weighted by atomic mass is 19.1. The average molecular weight is 387 g/mol. The normalized spacial score (nSPS) is 11.4. The van der Waals surface area contributed by atoms with Gasteiger partial charge in [-0.15, -0.1) is 5.10 Å². The molecule has 0 aliphatic carbocycles. The minimum atomic E-state index is -0.824. The fourth-order valence-electron chi connectivity index (χ4n) is 3.38. The number of aromatic nitrogens is 5. The lowest BCUT2D eigenvalue weighted by molar-refractivity contribution is 0.407. The van der Waals surface area contributed by atoms with Crippen molar-refractivity contribution in [1.29, 1.82) is 0 Å². The number of benzene rings is 2. The zero-order valence-electron chi connectivity index (χ0n) is 15.6. The largest absolute Gasteiger partial charge is 0.497 e. The van der Waals surface area contributed by atoms with Gasteiger partial charge in [0.05, 0.1) is 23.9 Å². The van der Waals surface area contributed by atoms with E-state index in [0.29, 0.717) is 16.8 Å². The van der Waals surface area contributed by atoms with Gasteiger partial charge in [-0.25, -0.2) is 13.2 Å². The van der Waals surface area contributed by atoms with Crippen molar-refractivity contribution < 1.29 is 17.9 Å². The monoisotopic (exact) mass is 387 g/mol. The van der Waals surface area contributed by atoms with Crippen LogP contribution in [0.3, 0.4) is 0 Å². The maximum Gasteiger partial charge on any atom is 0.162 e. The van der Waals surface area contributed by atoms with E-state index >= 15 is 0 Å². The van der Waals surface area contributed by atoms with Crippen LogP contribution in [-0.2, 0) is 7.05 Å². The van der Waals surface area contributed by atoms with E-state index in [9.17, 15) is 13.2 Å². The second-order valence-corrected chi connectivity index (χ2v) is 6.49. The van der Waals surface area contributed by atoms with Gasteiger partial charge in [-0.2, -0.15) is 9.78 Å². The predicted octanol–water partition coefficient (Wildman–Crippen LogP) is 3.86. The first-order valence-electron chi connectivity index (χ1n) is 8.40. The van der Waals surface area contributed by atoms with Crippen LogP contribution in [0.4, 0.5) is 13.2 Å². The molecule has 0 spiro atoms. The maximum atomic E-state index is 14.8. The first kappa shape index (κ1) is 18.0. The van der Waals surface area contributed by atoms with Gasteiger partial charge in [0.1, 0.15) is 28.4 Å². The fourth-order valence-corrected chi connectivity index (χ4v) is 3.38. The molecule has 0 aliphatic heterocycles. The Morgan fingerprint density at radius 2 is 1.61 bits per heavy atom. The molecule has 9 heteroatoms. The van der Waals surface area contributed by atoms with Crippen LogP contribution < -0.4 is 4.74 Å². The number of rotatable bonds is 3. The first-order chi connectivity index (χ1) is 13.3. The van der Waals surface area contributed by atoms with E-state index in [1.807, 2.05) is 0 Å². The number of aryl methyl sites for hydroxylation is 3. The van der Waals surface area contributed by atoms with E-state index in [0.717, 1.165) is 12.1 Å². The van der Waals surface area contributed by atoms with E-state index in [1.54, 1.807) is 27.0 Å². The van der Waals surface area contributed by atoms with Crippen LogP contribution >= 0.6 is 0 Å². The molecule has 28 heavy (non-hydrogen) atoms. The summed E-state index contributed by atoms with van der Waals surface area (Å²) in [7, 11) is 2.91. The molecule has 0 amide bonds. The molecular weight excluding hydrogens is 371 g/mol. The van der Waals surface area contributed by atoms with Crippen molar-refractivity contribution in [2.24, 2.45) is 7.05 Å². The molecule has 0 saturated heterocycles. The molecule has 2 heterocycles. The van der Waals surface area contributed by atoms with Crippen LogP contribution in [0.2, 0.25) is 0 Å². The number of fused-ring (bicyclic) bond motifs is 1. The number of nitrogens with zero attached hydrogens (tertiary/aromatic N) is 5. The number of hydrogen-bond donors (Lipinski definition) is 0. The number of hydrogen-bond acceptors (Lipinski definition) is 4. The Hall–Kier alpha value is -3.36. The summed E-state index contributed by atoms with van der Waals surface area (Å²) in [6.45, 7) is 3.35. The molecule has 2 aromatic carbocycles. The lowest BCUT2D eigenvalue weighted by Gasteiger charge is -2.11. The van der Waals surface area contributed by atoms with Crippen molar-refractivity contribution in [3.8, 4) is 22.7 Å². The average Bonchev–Trinajstić information content (AvgIpc) is 3.15. The number of ether oxygens (including phenoxy) is 1. The second kappa shape index (κ2) is 6.36. The molecule has 0 fully saturated rings. The lowest BCUT2D eigenvalue weighted by Crippen LogP contribution is -2.07. The van der Waals surface area contributed by atoms with Crippen LogP contribution in [0.25, 0.3) is 28.0 Å². The molecule has 6 nitrogen and oxygen atoms in total. The molecule has 0 aliphatic rings. The van der Waals surface area contributed by atoms with Crippen molar-refractivity contribution in [2.45, 2.75) is 13.8 Å². The zero-order valence-corrected chi connectivity index (χ0v) is 15.6. The summed E-state index contributed by atoms with van der Waals surface area (Å²) >= 11 is 0. The van der Waals surface area contributed by atoms with Gasteiger partial charge in [0.25, 0.3) is 0 Å². The Labute approximate surface area is 158 Å². The minimum absolute atomic E-state index is 0.0505. The smallest absolute Gasteiger partial charge is 0.162 e. The van der Waals surface area contributed by atoms with Gasteiger partial charge in [0, 0.05) is 19.2 Å². The third-order valence-electron chi connectivity index (χ3n) is 4.54. The molecule has 144 valence electrons. The molecule has 0 saturated carbocycles. The van der Waals surface area contributed by atoms with Crippen LogP contribution in [0.1, 0.15) is 11.3 Å². The minimum Gasteiger partial charge on any atom is -0.497 e. The van der Waals surface area contributed by atoms with Gasteiger partial charge in [0.15, 0.2) is 11.6 Å². The van der Waals surface area contributed by atoms with Gasteiger partial charge in [0.2, 0.25) is 0 Å². The first-order valence-corrected chi connectivity index (χ1v) is 8.40. The molecule has 2 aromatic heterocycles. The summed E-state index contributed by atoms with van der Waals surface area (Å²) in [4.78, 5) is 0. The van der Waals surface area contributed by atoms with Gasteiger partial charge in [-0.05, 0) is 31.5 Å². The highest BCUT2D eigenvalue weighted by Gasteiger charge is 2.26. The quantitative estimate of drug-likeness (QED) is 0.536. The van der Waals surface area contributed by atoms with Gasteiger partial charge in [-0.1, -0.05) is 5.21 Å². The highest BCUT2D eigenvalue weighted by Crippen LogP contribution is 2.36. The van der Waals surface area contributed by atoms with Gasteiger partial charge >= 0.3 is 0 Å². The molecule has 0 unspecified atom stereocenters. The third kappa shape index (κ3) is 2.62. The van der Waals surface area contributed by atoms with E-state index in [2.05, 4.69) is 15.4 Å². The molecule has 0 radical (unpaired) electrons. The zero-order chi connectivity index (χ0) is 20.2. The Morgan fingerprint density at radius 3 is 2.25 bits per heavy atom. The van der Waals surface area contributed by atoms with Crippen LogP contribution in [0.5, 0.6) is 5.75 Å². The Morgan fingerprint density at radius 1 is 0.929 bits per heavy atom. The van der Waals surface area contributed by atoms with Crippen LogP contribution in [0, 0.1) is 31.3 Å². The number of methoxy groups -OCH3 is 1. The summed E-state index contributed by atoms with van der Waals surface area (Å²) in [5.74, 6) is -1.94. The summed E-state index contributed by atoms with van der Waals surface area (Å²) < 4.78 is 51.7. The van der Waals surface area contributed by atoms with Crippen molar-refractivity contribution in [1.82, 2.24) is 24.8 Å². The van der Waals surface area contributed by atoms with E-state index < -0.39 is 17.5 Å². The third-order valence-corrected chi connectivity index (χ3v) is 4.54. The van der Waals surface area contributed by atoms with Crippen molar-refractivity contribution >= 4 is 11.0 Å². The van der Waals surface area contributed by atoms with E-state index in [4.69, 9.17) is 4.74 Å². The van der Waals surface area contributed by atoms with E-state index in [-0.39, 0.29) is 28.2 Å². The molecule has 4 rings (SSSR count). The molecule has 4 aromatic rings. The summed E-state index contributed by atoms with van der Waals surface area (Å²) in [6.07, 6.45) is 0. The standard InChI is InChI=1S/C19H16F3N5O/c1-9-5-14(22)18-15(6-9)23-25-27(18)19-16(10(2)24-26(19)3)17-12(20)7-11(28-4)8-13(17)21/h5-8H,1-4H3. The Kier molecular flexibility index (Phi) is 4.10. The topological polar surface area (TPSA) is 57.8 Å². The van der Waals surface area contributed by atoms with E-state index in [1.165, 1.54) is 22.5 Å². The predicted molar refractivity (Wildman–Crippen MR) is 97.0 cm³/mol. The SMILES string of the molecule is COc1cc(F)c(-c2c(C)nn(C)c2-n2nnc3cc(C)cc(F)c32)c(F)c1. The number of halogens is 3. The van der Waals surface area contributed by atoms with Crippen LogP contribution in [-0.4, -0.2) is 31.9 Å². The van der Waals surface area contributed by atoms with Gasteiger partial charge in [-0.3, -0.25) is 4.68 Å². The Bertz CT molecular complexity index is 1210.